The Kier molecular flexibility index (Phi) is 2.56. The molecule has 2 rings (SSSR count). The highest BCUT2D eigenvalue weighted by atomic mass is 32.2. The predicted octanol–water partition coefficient (Wildman–Crippen LogP) is 0.834. The Labute approximate surface area is 90.2 Å². The summed E-state index contributed by atoms with van der Waals surface area (Å²) in [5, 5.41) is 0. The first-order valence-corrected chi connectivity index (χ1v) is 6.83. The molecule has 1 fully saturated rings. The summed E-state index contributed by atoms with van der Waals surface area (Å²) in [6.07, 6.45) is 0. The molecular formula is C11H15NO2S. The van der Waals surface area contributed by atoms with Crippen molar-refractivity contribution in [2.24, 2.45) is 5.73 Å². The average molecular weight is 225 g/mol. The van der Waals surface area contributed by atoms with Crippen LogP contribution in [0.5, 0.6) is 0 Å². The summed E-state index contributed by atoms with van der Waals surface area (Å²) < 4.78 is 22.9. The number of aryl methyl sites for hydroxylation is 1. The van der Waals surface area contributed by atoms with Gasteiger partial charge in [0.05, 0.1) is 11.5 Å². The first-order chi connectivity index (χ1) is 6.99. The van der Waals surface area contributed by atoms with Gasteiger partial charge in [0.1, 0.15) is 0 Å². The standard InChI is InChI=1S/C11H15NO2S/c1-8-4-2-3-5-9(8)10-6-15(13,14)7-11(10)12/h2-5,10-11H,6-7,12H2,1H3. The topological polar surface area (TPSA) is 60.2 Å². The van der Waals surface area contributed by atoms with E-state index < -0.39 is 9.84 Å². The summed E-state index contributed by atoms with van der Waals surface area (Å²) in [4.78, 5) is 0. The van der Waals surface area contributed by atoms with Gasteiger partial charge in [-0.25, -0.2) is 8.42 Å². The van der Waals surface area contributed by atoms with Gasteiger partial charge < -0.3 is 5.73 Å². The van der Waals surface area contributed by atoms with E-state index in [0.717, 1.165) is 11.1 Å². The summed E-state index contributed by atoms with van der Waals surface area (Å²) in [7, 11) is -2.93. The lowest BCUT2D eigenvalue weighted by Gasteiger charge is -2.16. The van der Waals surface area contributed by atoms with Crippen LogP contribution in [0.3, 0.4) is 0 Å². The van der Waals surface area contributed by atoms with E-state index in [1.54, 1.807) is 0 Å². The Morgan fingerprint density at radius 1 is 1.27 bits per heavy atom. The Bertz CT molecular complexity index is 467. The van der Waals surface area contributed by atoms with Crippen LogP contribution >= 0.6 is 0 Å². The molecule has 4 heteroatoms. The molecule has 0 aliphatic carbocycles. The van der Waals surface area contributed by atoms with E-state index in [9.17, 15) is 8.42 Å². The smallest absolute Gasteiger partial charge is 0.152 e. The SMILES string of the molecule is Cc1ccccc1C1CS(=O)(=O)CC1N. The summed E-state index contributed by atoms with van der Waals surface area (Å²) in [6.45, 7) is 1.99. The molecule has 1 aromatic rings. The average Bonchev–Trinajstić information content (AvgIpc) is 2.40. The van der Waals surface area contributed by atoms with E-state index in [1.807, 2.05) is 31.2 Å². The van der Waals surface area contributed by atoms with Crippen molar-refractivity contribution in [2.45, 2.75) is 18.9 Å². The van der Waals surface area contributed by atoms with Crippen molar-refractivity contribution < 1.29 is 8.42 Å². The molecule has 2 N–H and O–H groups in total. The van der Waals surface area contributed by atoms with Crippen LogP contribution in [0.15, 0.2) is 24.3 Å². The monoisotopic (exact) mass is 225 g/mol. The fraction of sp³-hybridized carbons (Fsp3) is 0.455. The third-order valence-electron chi connectivity index (χ3n) is 2.98. The van der Waals surface area contributed by atoms with Crippen LogP contribution in [0.1, 0.15) is 17.0 Å². The third-order valence-corrected chi connectivity index (χ3v) is 4.74. The number of hydrogen-bond donors (Lipinski definition) is 1. The lowest BCUT2D eigenvalue weighted by Crippen LogP contribution is -2.27. The van der Waals surface area contributed by atoms with Crippen molar-refractivity contribution in [2.75, 3.05) is 11.5 Å². The number of rotatable bonds is 1. The van der Waals surface area contributed by atoms with E-state index in [1.165, 1.54) is 0 Å². The minimum absolute atomic E-state index is 0.0313. The number of nitrogens with two attached hydrogens (primary N) is 1. The maximum Gasteiger partial charge on any atom is 0.152 e. The highest BCUT2D eigenvalue weighted by molar-refractivity contribution is 7.91. The van der Waals surface area contributed by atoms with E-state index >= 15 is 0 Å². The zero-order chi connectivity index (χ0) is 11.1. The number of sulfone groups is 1. The van der Waals surface area contributed by atoms with Gasteiger partial charge in [0.25, 0.3) is 0 Å². The molecule has 1 aromatic carbocycles. The van der Waals surface area contributed by atoms with E-state index in [2.05, 4.69) is 0 Å². The normalized spacial score (nSPS) is 29.2. The van der Waals surface area contributed by atoms with Gasteiger partial charge in [-0.2, -0.15) is 0 Å². The summed E-state index contributed by atoms with van der Waals surface area (Å²) >= 11 is 0. The molecule has 1 aliphatic rings. The Morgan fingerprint density at radius 3 is 2.47 bits per heavy atom. The molecule has 15 heavy (non-hydrogen) atoms. The molecule has 1 heterocycles. The first-order valence-electron chi connectivity index (χ1n) is 5.01. The second-order valence-electron chi connectivity index (χ2n) is 4.20. The molecule has 0 saturated carbocycles. The predicted molar refractivity (Wildman–Crippen MR) is 60.5 cm³/mol. The van der Waals surface area contributed by atoms with Gasteiger partial charge in [-0.1, -0.05) is 24.3 Å². The van der Waals surface area contributed by atoms with E-state index in [0.29, 0.717) is 0 Å². The van der Waals surface area contributed by atoms with Gasteiger partial charge in [-0.05, 0) is 18.1 Å². The molecule has 2 unspecified atom stereocenters. The molecule has 0 radical (unpaired) electrons. The minimum Gasteiger partial charge on any atom is -0.326 e. The molecule has 3 nitrogen and oxygen atoms in total. The Morgan fingerprint density at radius 2 is 1.93 bits per heavy atom. The van der Waals surface area contributed by atoms with Crippen LogP contribution in [0.4, 0.5) is 0 Å². The molecule has 0 amide bonds. The van der Waals surface area contributed by atoms with Gasteiger partial charge in [0, 0.05) is 12.0 Å². The van der Waals surface area contributed by atoms with Gasteiger partial charge >= 0.3 is 0 Å². The molecular weight excluding hydrogens is 210 g/mol. The van der Waals surface area contributed by atoms with Gasteiger partial charge in [-0.15, -0.1) is 0 Å². The summed E-state index contributed by atoms with van der Waals surface area (Å²) in [6, 6.07) is 7.60. The molecule has 82 valence electrons. The maximum absolute atomic E-state index is 11.5. The summed E-state index contributed by atoms with van der Waals surface area (Å²) in [5.74, 6) is 0.279. The fourth-order valence-corrected chi connectivity index (χ4v) is 4.13. The van der Waals surface area contributed by atoms with Crippen molar-refractivity contribution in [3.8, 4) is 0 Å². The van der Waals surface area contributed by atoms with Crippen LogP contribution in [-0.2, 0) is 9.84 Å². The van der Waals surface area contributed by atoms with Crippen LogP contribution in [0.25, 0.3) is 0 Å². The molecule has 0 spiro atoms. The molecule has 1 aliphatic heterocycles. The minimum atomic E-state index is -2.93. The van der Waals surface area contributed by atoms with Crippen molar-refractivity contribution in [1.29, 1.82) is 0 Å². The van der Waals surface area contributed by atoms with Crippen molar-refractivity contribution >= 4 is 9.84 Å². The Balaban J connectivity index is 2.38. The number of benzene rings is 1. The quantitative estimate of drug-likeness (QED) is 0.770. The number of hydrogen-bond acceptors (Lipinski definition) is 3. The molecule has 2 atom stereocenters. The van der Waals surface area contributed by atoms with Crippen LogP contribution < -0.4 is 5.73 Å². The maximum atomic E-state index is 11.5. The summed E-state index contributed by atoms with van der Waals surface area (Å²) in [5.41, 5.74) is 8.07. The second kappa shape index (κ2) is 3.61. The van der Waals surface area contributed by atoms with Crippen molar-refractivity contribution in [1.82, 2.24) is 0 Å². The highest BCUT2D eigenvalue weighted by Crippen LogP contribution is 2.29. The fourth-order valence-electron chi connectivity index (χ4n) is 2.20. The molecule has 0 aromatic heterocycles. The second-order valence-corrected chi connectivity index (χ2v) is 6.36. The Hall–Kier alpha value is -0.870. The zero-order valence-corrected chi connectivity index (χ0v) is 9.50. The van der Waals surface area contributed by atoms with Crippen LogP contribution in [0, 0.1) is 6.92 Å². The molecule has 0 bridgehead atoms. The van der Waals surface area contributed by atoms with E-state index in [4.69, 9.17) is 5.73 Å². The van der Waals surface area contributed by atoms with Crippen LogP contribution in [0.2, 0.25) is 0 Å². The van der Waals surface area contributed by atoms with Crippen molar-refractivity contribution in [3.63, 3.8) is 0 Å². The largest absolute Gasteiger partial charge is 0.326 e. The van der Waals surface area contributed by atoms with Crippen molar-refractivity contribution in [3.05, 3.63) is 35.4 Å². The lowest BCUT2D eigenvalue weighted by atomic mass is 9.92. The lowest BCUT2D eigenvalue weighted by molar-refractivity contribution is 0.601. The first kappa shape index (κ1) is 10.6. The van der Waals surface area contributed by atoms with Gasteiger partial charge in [0.15, 0.2) is 9.84 Å². The van der Waals surface area contributed by atoms with Gasteiger partial charge in [-0.3, -0.25) is 0 Å². The van der Waals surface area contributed by atoms with Crippen LogP contribution in [-0.4, -0.2) is 26.0 Å². The highest BCUT2D eigenvalue weighted by Gasteiger charge is 2.36. The van der Waals surface area contributed by atoms with E-state index in [-0.39, 0.29) is 23.5 Å². The molecule has 1 saturated heterocycles. The van der Waals surface area contributed by atoms with Gasteiger partial charge in [0.2, 0.25) is 0 Å². The zero-order valence-electron chi connectivity index (χ0n) is 8.68. The third kappa shape index (κ3) is 2.06.